The molecule has 2 nitrogen and oxygen atoms in total. The largest absolute Gasteiger partial charge is 0.327 e. The molecule has 0 amide bonds. The van der Waals surface area contributed by atoms with Gasteiger partial charge in [0.05, 0.1) is 0 Å². The Labute approximate surface area is 114 Å². The van der Waals surface area contributed by atoms with Gasteiger partial charge in [0, 0.05) is 17.6 Å². The van der Waals surface area contributed by atoms with Crippen LogP contribution in [0.25, 0.3) is 0 Å². The fraction of sp³-hybridized carbons (Fsp3) is 0.571. The molecule has 1 unspecified atom stereocenters. The summed E-state index contributed by atoms with van der Waals surface area (Å²) in [6.07, 6.45) is 0.932. The zero-order chi connectivity index (χ0) is 13.7. The normalized spacial score (nSPS) is 13.3. The van der Waals surface area contributed by atoms with E-state index in [1.54, 1.807) is 6.07 Å². The van der Waals surface area contributed by atoms with Gasteiger partial charge in [-0.2, -0.15) is 0 Å². The molecular weight excluding hydrogens is 251 g/mol. The highest BCUT2D eigenvalue weighted by Crippen LogP contribution is 2.18. The second kappa shape index (κ2) is 7.07. The molecule has 0 spiro atoms. The van der Waals surface area contributed by atoms with Crippen molar-refractivity contribution in [3.8, 4) is 0 Å². The molecular formula is C14H22ClFN2. The summed E-state index contributed by atoms with van der Waals surface area (Å²) in [6.45, 7) is 5.76. The van der Waals surface area contributed by atoms with Crippen molar-refractivity contribution in [1.29, 1.82) is 0 Å². The number of rotatable bonds is 6. The van der Waals surface area contributed by atoms with Crippen molar-refractivity contribution in [2.75, 3.05) is 13.6 Å². The molecule has 0 aliphatic heterocycles. The van der Waals surface area contributed by atoms with Crippen LogP contribution in [0, 0.1) is 11.7 Å². The molecule has 0 heterocycles. The van der Waals surface area contributed by atoms with E-state index in [-0.39, 0.29) is 11.9 Å². The molecule has 0 aromatic heterocycles. The number of halogens is 2. The first kappa shape index (κ1) is 15.4. The Hall–Kier alpha value is -0.640. The average molecular weight is 273 g/mol. The number of nitrogens with zero attached hydrogens (tertiary/aromatic N) is 1. The van der Waals surface area contributed by atoms with Crippen molar-refractivity contribution in [2.24, 2.45) is 11.7 Å². The molecule has 0 aliphatic rings. The van der Waals surface area contributed by atoms with E-state index in [0.717, 1.165) is 18.5 Å². The Kier molecular flexibility index (Phi) is 6.06. The third-order valence-corrected chi connectivity index (χ3v) is 3.52. The second-order valence-electron chi connectivity index (χ2n) is 5.17. The molecule has 1 atom stereocenters. The Bertz CT molecular complexity index is 382. The highest BCUT2D eigenvalue weighted by molar-refractivity contribution is 6.31. The van der Waals surface area contributed by atoms with Crippen molar-refractivity contribution in [3.05, 3.63) is 34.6 Å². The van der Waals surface area contributed by atoms with Gasteiger partial charge in [0.1, 0.15) is 5.82 Å². The van der Waals surface area contributed by atoms with Crippen molar-refractivity contribution in [1.82, 2.24) is 4.90 Å². The summed E-state index contributed by atoms with van der Waals surface area (Å²) in [5.41, 5.74) is 6.82. The van der Waals surface area contributed by atoms with Gasteiger partial charge in [-0.15, -0.1) is 0 Å². The van der Waals surface area contributed by atoms with Crippen LogP contribution >= 0.6 is 11.6 Å². The predicted molar refractivity (Wildman–Crippen MR) is 75.2 cm³/mol. The van der Waals surface area contributed by atoms with Crippen LogP contribution in [0.2, 0.25) is 5.02 Å². The maximum Gasteiger partial charge on any atom is 0.123 e. The smallest absolute Gasteiger partial charge is 0.123 e. The number of benzene rings is 1. The van der Waals surface area contributed by atoms with Gasteiger partial charge in [-0.1, -0.05) is 25.4 Å². The van der Waals surface area contributed by atoms with Crippen LogP contribution in [0.4, 0.5) is 4.39 Å². The number of hydrogen-bond acceptors (Lipinski definition) is 2. The maximum atomic E-state index is 13.1. The monoisotopic (exact) mass is 272 g/mol. The van der Waals surface area contributed by atoms with E-state index in [2.05, 4.69) is 18.7 Å². The molecule has 1 aromatic rings. The Morgan fingerprint density at radius 3 is 2.67 bits per heavy atom. The standard InChI is InChI=1S/C14H22ClFN2/c1-10(2)14(17)6-7-18(3)9-11-8-12(16)4-5-13(11)15/h4-5,8,10,14H,6-7,9,17H2,1-3H3. The van der Waals surface area contributed by atoms with Gasteiger partial charge in [-0.25, -0.2) is 4.39 Å². The van der Waals surface area contributed by atoms with Gasteiger partial charge < -0.3 is 10.6 Å². The molecule has 0 radical (unpaired) electrons. The van der Waals surface area contributed by atoms with E-state index in [1.165, 1.54) is 12.1 Å². The molecule has 0 saturated heterocycles. The van der Waals surface area contributed by atoms with Crippen molar-refractivity contribution < 1.29 is 4.39 Å². The Balaban J connectivity index is 2.49. The quantitative estimate of drug-likeness (QED) is 0.861. The summed E-state index contributed by atoms with van der Waals surface area (Å²) < 4.78 is 13.1. The molecule has 0 fully saturated rings. The lowest BCUT2D eigenvalue weighted by atomic mass is 10.0. The lowest BCUT2D eigenvalue weighted by molar-refractivity contribution is 0.296. The summed E-state index contributed by atoms with van der Waals surface area (Å²) in [5.74, 6) is 0.234. The van der Waals surface area contributed by atoms with E-state index < -0.39 is 0 Å². The third kappa shape index (κ3) is 4.92. The molecule has 2 N–H and O–H groups in total. The fourth-order valence-corrected chi connectivity index (χ4v) is 1.91. The second-order valence-corrected chi connectivity index (χ2v) is 5.58. The zero-order valence-corrected chi connectivity index (χ0v) is 12.0. The highest BCUT2D eigenvalue weighted by Gasteiger charge is 2.10. The van der Waals surface area contributed by atoms with Gasteiger partial charge in [0.25, 0.3) is 0 Å². The Morgan fingerprint density at radius 1 is 1.39 bits per heavy atom. The third-order valence-electron chi connectivity index (χ3n) is 3.15. The van der Waals surface area contributed by atoms with Gasteiger partial charge in [0.2, 0.25) is 0 Å². The van der Waals surface area contributed by atoms with Crippen LogP contribution in [0.1, 0.15) is 25.8 Å². The van der Waals surface area contributed by atoms with Crippen molar-refractivity contribution >= 4 is 11.6 Å². The first-order chi connectivity index (χ1) is 8.40. The van der Waals surface area contributed by atoms with Crippen LogP contribution < -0.4 is 5.73 Å². The van der Waals surface area contributed by atoms with E-state index in [4.69, 9.17) is 17.3 Å². The summed E-state index contributed by atoms with van der Waals surface area (Å²) in [7, 11) is 1.99. The molecule has 4 heteroatoms. The first-order valence-corrected chi connectivity index (χ1v) is 6.66. The van der Waals surface area contributed by atoms with Gasteiger partial charge in [-0.3, -0.25) is 0 Å². The van der Waals surface area contributed by atoms with E-state index in [1.807, 2.05) is 7.05 Å². The van der Waals surface area contributed by atoms with Crippen LogP contribution in [-0.4, -0.2) is 24.5 Å². The Morgan fingerprint density at radius 2 is 2.06 bits per heavy atom. The van der Waals surface area contributed by atoms with Crippen LogP contribution in [0.5, 0.6) is 0 Å². The average Bonchev–Trinajstić information content (AvgIpc) is 2.30. The van der Waals surface area contributed by atoms with E-state index in [0.29, 0.717) is 17.5 Å². The fourth-order valence-electron chi connectivity index (χ4n) is 1.74. The number of hydrogen-bond donors (Lipinski definition) is 1. The minimum absolute atomic E-state index is 0.204. The minimum atomic E-state index is -0.248. The molecule has 102 valence electrons. The predicted octanol–water partition coefficient (Wildman–Crippen LogP) is 3.28. The molecule has 1 rings (SSSR count). The minimum Gasteiger partial charge on any atom is -0.327 e. The zero-order valence-electron chi connectivity index (χ0n) is 11.3. The molecule has 0 saturated carbocycles. The topological polar surface area (TPSA) is 29.3 Å². The van der Waals surface area contributed by atoms with Gasteiger partial charge in [-0.05, 0) is 49.7 Å². The molecule has 18 heavy (non-hydrogen) atoms. The number of nitrogens with two attached hydrogens (primary N) is 1. The van der Waals surface area contributed by atoms with Gasteiger partial charge in [0.15, 0.2) is 0 Å². The maximum absolute atomic E-state index is 13.1. The summed E-state index contributed by atoms with van der Waals surface area (Å²) in [4.78, 5) is 2.11. The molecule has 0 aliphatic carbocycles. The summed E-state index contributed by atoms with van der Waals surface area (Å²) in [5, 5.41) is 0.608. The lowest BCUT2D eigenvalue weighted by Crippen LogP contribution is -2.31. The SMILES string of the molecule is CC(C)C(N)CCN(C)Cc1cc(F)ccc1Cl. The van der Waals surface area contributed by atoms with Crippen molar-refractivity contribution in [3.63, 3.8) is 0 Å². The first-order valence-electron chi connectivity index (χ1n) is 6.28. The van der Waals surface area contributed by atoms with Crippen LogP contribution in [0.3, 0.4) is 0 Å². The summed E-state index contributed by atoms with van der Waals surface area (Å²) in [6, 6.07) is 4.66. The highest BCUT2D eigenvalue weighted by atomic mass is 35.5. The van der Waals surface area contributed by atoms with Crippen LogP contribution in [0.15, 0.2) is 18.2 Å². The lowest BCUT2D eigenvalue weighted by Gasteiger charge is -2.21. The molecule has 1 aromatic carbocycles. The van der Waals surface area contributed by atoms with Crippen LogP contribution in [-0.2, 0) is 6.54 Å². The van der Waals surface area contributed by atoms with E-state index in [9.17, 15) is 4.39 Å². The van der Waals surface area contributed by atoms with Crippen molar-refractivity contribution in [2.45, 2.75) is 32.9 Å². The summed E-state index contributed by atoms with van der Waals surface area (Å²) >= 11 is 6.04. The van der Waals surface area contributed by atoms with E-state index >= 15 is 0 Å². The molecule has 0 bridgehead atoms. The van der Waals surface area contributed by atoms with Gasteiger partial charge >= 0.3 is 0 Å².